The summed E-state index contributed by atoms with van der Waals surface area (Å²) in [6.07, 6.45) is -4.45. The maximum absolute atomic E-state index is 12.5. The van der Waals surface area contributed by atoms with E-state index in [2.05, 4.69) is 10.9 Å². The van der Waals surface area contributed by atoms with Gasteiger partial charge in [-0.05, 0) is 37.3 Å². The highest BCUT2D eigenvalue weighted by molar-refractivity contribution is 5.99. The Bertz CT molecular complexity index is 1010. The quantitative estimate of drug-likeness (QED) is 0.665. The highest BCUT2D eigenvalue weighted by atomic mass is 19.4. The number of fused-ring (bicyclic) bond motifs is 1. The van der Waals surface area contributed by atoms with Gasteiger partial charge in [-0.15, -0.1) is 0 Å². The van der Waals surface area contributed by atoms with E-state index in [1.165, 1.54) is 0 Å². The lowest BCUT2D eigenvalue weighted by Gasteiger charge is -2.10. The molecule has 0 aliphatic rings. The van der Waals surface area contributed by atoms with Crippen LogP contribution >= 0.6 is 0 Å². The summed E-state index contributed by atoms with van der Waals surface area (Å²) in [5.41, 5.74) is 4.71. The van der Waals surface area contributed by atoms with Gasteiger partial charge in [0.2, 0.25) is 0 Å². The number of hydrazine groups is 1. The first kappa shape index (κ1) is 19.3. The molecule has 3 rings (SSSR count). The predicted octanol–water partition coefficient (Wildman–Crippen LogP) is 3.60. The molecule has 9 heteroatoms. The molecular weight excluding hydrogens is 377 g/mol. The molecule has 0 fully saturated rings. The van der Waals surface area contributed by atoms with Gasteiger partial charge in [-0.3, -0.25) is 20.4 Å². The first-order valence-corrected chi connectivity index (χ1v) is 8.13. The summed E-state index contributed by atoms with van der Waals surface area (Å²) in [7, 11) is 0. The molecule has 0 bridgehead atoms. The van der Waals surface area contributed by atoms with Crippen molar-refractivity contribution in [3.8, 4) is 5.75 Å². The van der Waals surface area contributed by atoms with Crippen LogP contribution in [0.4, 0.5) is 13.2 Å². The smallest absolute Gasteiger partial charge is 0.416 e. The molecule has 1 aromatic heterocycles. The molecule has 0 saturated heterocycles. The summed E-state index contributed by atoms with van der Waals surface area (Å²) < 4.78 is 48.0. The normalized spacial score (nSPS) is 11.3. The molecule has 3 aromatic rings. The second kappa shape index (κ2) is 7.63. The molecular formula is C19H15F3N2O4. The third-order valence-electron chi connectivity index (χ3n) is 3.92. The summed E-state index contributed by atoms with van der Waals surface area (Å²) >= 11 is 0. The van der Waals surface area contributed by atoms with Crippen molar-refractivity contribution in [2.45, 2.75) is 13.1 Å². The average Bonchev–Trinajstić information content (AvgIpc) is 3.01. The van der Waals surface area contributed by atoms with Crippen LogP contribution in [0.15, 0.2) is 52.9 Å². The molecule has 1 heterocycles. The summed E-state index contributed by atoms with van der Waals surface area (Å²) in [4.78, 5) is 24.0. The van der Waals surface area contributed by atoms with Gasteiger partial charge in [-0.1, -0.05) is 18.2 Å². The van der Waals surface area contributed by atoms with E-state index in [0.29, 0.717) is 11.1 Å². The van der Waals surface area contributed by atoms with Crippen LogP contribution in [0.2, 0.25) is 0 Å². The molecule has 2 aromatic carbocycles. The molecule has 146 valence electrons. The largest absolute Gasteiger partial charge is 0.484 e. The van der Waals surface area contributed by atoms with Crippen LogP contribution in [0.3, 0.4) is 0 Å². The van der Waals surface area contributed by atoms with Crippen LogP contribution < -0.4 is 15.6 Å². The zero-order valence-corrected chi connectivity index (χ0v) is 14.6. The number of hydrogen-bond donors (Lipinski definition) is 2. The third kappa shape index (κ3) is 4.25. The number of para-hydroxylation sites is 1. The Morgan fingerprint density at radius 2 is 1.71 bits per heavy atom. The minimum atomic E-state index is -4.45. The van der Waals surface area contributed by atoms with Crippen LogP contribution in [0, 0.1) is 6.92 Å². The van der Waals surface area contributed by atoms with Gasteiger partial charge in [0.1, 0.15) is 11.3 Å². The highest BCUT2D eigenvalue weighted by Gasteiger charge is 2.30. The van der Waals surface area contributed by atoms with Crippen molar-refractivity contribution in [3.63, 3.8) is 0 Å². The number of amides is 2. The van der Waals surface area contributed by atoms with E-state index in [-0.39, 0.29) is 11.5 Å². The van der Waals surface area contributed by atoms with E-state index < -0.39 is 30.2 Å². The van der Waals surface area contributed by atoms with E-state index in [9.17, 15) is 22.8 Å². The summed E-state index contributed by atoms with van der Waals surface area (Å²) in [5, 5.41) is 0.782. The Morgan fingerprint density at radius 3 is 2.36 bits per heavy atom. The van der Waals surface area contributed by atoms with E-state index in [0.717, 1.165) is 29.7 Å². The molecule has 0 unspecified atom stereocenters. The lowest BCUT2D eigenvalue weighted by molar-refractivity contribution is -0.137. The fraction of sp³-hybridized carbons (Fsp3) is 0.158. The zero-order valence-electron chi connectivity index (χ0n) is 14.6. The predicted molar refractivity (Wildman–Crippen MR) is 93.5 cm³/mol. The lowest BCUT2D eigenvalue weighted by atomic mass is 10.1. The van der Waals surface area contributed by atoms with Crippen LogP contribution in [0.5, 0.6) is 5.75 Å². The van der Waals surface area contributed by atoms with Crippen LogP contribution in [0.1, 0.15) is 21.7 Å². The van der Waals surface area contributed by atoms with Gasteiger partial charge >= 0.3 is 12.1 Å². The maximum Gasteiger partial charge on any atom is 0.416 e. The number of furan rings is 1. The van der Waals surface area contributed by atoms with E-state index >= 15 is 0 Å². The first-order chi connectivity index (χ1) is 13.3. The molecule has 0 aliphatic carbocycles. The van der Waals surface area contributed by atoms with Gasteiger partial charge in [-0.25, -0.2) is 0 Å². The molecule has 2 N–H and O–H groups in total. The van der Waals surface area contributed by atoms with Gasteiger partial charge < -0.3 is 9.15 Å². The molecule has 0 radical (unpaired) electrons. The Hall–Kier alpha value is -3.49. The second-order valence-corrected chi connectivity index (χ2v) is 5.87. The first-order valence-electron chi connectivity index (χ1n) is 8.13. The standard InChI is InChI=1S/C19H15F3N2O4/c1-11-14-4-2-3-5-15(14)28-17(11)18(26)24-23-16(25)10-27-13-8-6-12(7-9-13)19(20,21)22/h2-9H,10H2,1H3,(H,23,25)(H,24,26). The molecule has 0 atom stereocenters. The summed E-state index contributed by atoms with van der Waals surface area (Å²) in [6.45, 7) is 1.22. The zero-order chi connectivity index (χ0) is 20.3. The molecule has 2 amide bonds. The molecule has 0 spiro atoms. The average molecular weight is 392 g/mol. The minimum absolute atomic E-state index is 0.0603. The van der Waals surface area contributed by atoms with E-state index in [1.54, 1.807) is 25.1 Å². The van der Waals surface area contributed by atoms with E-state index in [1.807, 2.05) is 6.07 Å². The number of hydrogen-bond acceptors (Lipinski definition) is 4. The second-order valence-electron chi connectivity index (χ2n) is 5.87. The van der Waals surface area contributed by atoms with Gasteiger partial charge in [0, 0.05) is 10.9 Å². The Labute approximate surface area is 157 Å². The Balaban J connectivity index is 1.52. The van der Waals surface area contributed by atoms with Gasteiger partial charge in [0.25, 0.3) is 5.91 Å². The van der Waals surface area contributed by atoms with Crippen LogP contribution in [-0.4, -0.2) is 18.4 Å². The maximum atomic E-state index is 12.5. The van der Waals surface area contributed by atoms with Crippen LogP contribution in [-0.2, 0) is 11.0 Å². The topological polar surface area (TPSA) is 80.6 Å². The Morgan fingerprint density at radius 1 is 1.04 bits per heavy atom. The fourth-order valence-corrected chi connectivity index (χ4v) is 2.50. The summed E-state index contributed by atoms with van der Waals surface area (Å²) in [5.74, 6) is -1.19. The summed E-state index contributed by atoms with van der Waals surface area (Å²) in [6, 6.07) is 11.0. The number of benzene rings is 2. The molecule has 0 aliphatic heterocycles. The number of aryl methyl sites for hydroxylation is 1. The van der Waals surface area contributed by atoms with Crippen molar-refractivity contribution >= 4 is 22.8 Å². The van der Waals surface area contributed by atoms with Gasteiger partial charge in [-0.2, -0.15) is 13.2 Å². The SMILES string of the molecule is Cc1c(C(=O)NNC(=O)COc2ccc(C(F)(F)F)cc2)oc2ccccc12. The van der Waals surface area contributed by atoms with Crippen molar-refractivity contribution in [1.82, 2.24) is 10.9 Å². The number of carbonyl (C=O) groups excluding carboxylic acids is 2. The fourth-order valence-electron chi connectivity index (χ4n) is 2.50. The molecule has 28 heavy (non-hydrogen) atoms. The van der Waals surface area contributed by atoms with Crippen molar-refractivity contribution in [2.24, 2.45) is 0 Å². The van der Waals surface area contributed by atoms with Crippen LogP contribution in [0.25, 0.3) is 11.0 Å². The van der Waals surface area contributed by atoms with Crippen molar-refractivity contribution in [3.05, 3.63) is 65.4 Å². The number of ether oxygens (including phenoxy) is 1. The van der Waals surface area contributed by atoms with E-state index in [4.69, 9.17) is 9.15 Å². The van der Waals surface area contributed by atoms with Crippen molar-refractivity contribution in [1.29, 1.82) is 0 Å². The minimum Gasteiger partial charge on any atom is -0.484 e. The van der Waals surface area contributed by atoms with Gasteiger partial charge in [0.15, 0.2) is 12.4 Å². The number of halogens is 3. The number of carbonyl (C=O) groups is 2. The lowest BCUT2D eigenvalue weighted by Crippen LogP contribution is -2.43. The van der Waals surface area contributed by atoms with Gasteiger partial charge in [0.05, 0.1) is 5.56 Å². The number of rotatable bonds is 4. The Kier molecular flexibility index (Phi) is 5.25. The number of nitrogens with one attached hydrogen (secondary N) is 2. The number of alkyl halides is 3. The molecule has 6 nitrogen and oxygen atoms in total. The molecule has 0 saturated carbocycles. The van der Waals surface area contributed by atoms with Crippen molar-refractivity contribution in [2.75, 3.05) is 6.61 Å². The highest BCUT2D eigenvalue weighted by Crippen LogP contribution is 2.30. The van der Waals surface area contributed by atoms with Crippen molar-refractivity contribution < 1.29 is 31.9 Å². The third-order valence-corrected chi connectivity index (χ3v) is 3.92. The monoisotopic (exact) mass is 392 g/mol.